The maximum Gasteiger partial charge on any atom is 0.272 e. The number of pyridine rings is 1. The molecule has 3 nitrogen and oxygen atoms in total. The van der Waals surface area contributed by atoms with Crippen molar-refractivity contribution in [3.63, 3.8) is 0 Å². The number of rotatable bonds is 2. The summed E-state index contributed by atoms with van der Waals surface area (Å²) in [5, 5.41) is 2.69. The number of halogens is 2. The van der Waals surface area contributed by atoms with E-state index in [9.17, 15) is 8.78 Å². The lowest BCUT2D eigenvalue weighted by Crippen LogP contribution is -2.09. The Hall–Kier alpha value is -1.39. The number of hydrogen-bond acceptors (Lipinski definition) is 3. The molecule has 1 rings (SSSR count). The van der Waals surface area contributed by atoms with Gasteiger partial charge in [-0.3, -0.25) is 0 Å². The number of anilines is 2. The van der Waals surface area contributed by atoms with Crippen LogP contribution in [0.1, 0.15) is 12.5 Å². The van der Waals surface area contributed by atoms with Gasteiger partial charge in [0.2, 0.25) is 0 Å². The fourth-order valence-electron chi connectivity index (χ4n) is 0.931. The summed E-state index contributed by atoms with van der Waals surface area (Å²) in [6.45, 7) is 0.808. The van der Waals surface area contributed by atoms with Gasteiger partial charge in [-0.15, -0.1) is 0 Å². The number of nitrogens with zero attached hydrogens (tertiary/aromatic N) is 1. The Morgan fingerprint density at radius 2 is 2.15 bits per heavy atom. The fraction of sp³-hybridized carbons (Fsp3) is 0.375. The van der Waals surface area contributed by atoms with Gasteiger partial charge in [0.05, 0.1) is 5.69 Å². The van der Waals surface area contributed by atoms with E-state index in [1.165, 1.54) is 6.07 Å². The molecular weight excluding hydrogens is 176 g/mol. The molecule has 0 unspecified atom stereocenters. The minimum absolute atomic E-state index is 0.177. The van der Waals surface area contributed by atoms with E-state index in [1.807, 2.05) is 0 Å². The molecule has 5 heteroatoms. The van der Waals surface area contributed by atoms with Crippen molar-refractivity contribution in [1.82, 2.24) is 4.98 Å². The van der Waals surface area contributed by atoms with Crippen molar-refractivity contribution in [2.24, 2.45) is 0 Å². The van der Waals surface area contributed by atoms with E-state index in [0.29, 0.717) is 5.82 Å². The quantitative estimate of drug-likeness (QED) is 0.742. The molecule has 1 aromatic heterocycles. The number of hydrogen-bond donors (Lipinski definition) is 2. The Morgan fingerprint density at radius 1 is 1.54 bits per heavy atom. The minimum atomic E-state index is -2.90. The molecule has 0 fully saturated rings. The minimum Gasteiger partial charge on any atom is -0.396 e. The van der Waals surface area contributed by atoms with E-state index in [2.05, 4.69) is 10.3 Å². The van der Waals surface area contributed by atoms with Crippen molar-refractivity contribution in [1.29, 1.82) is 0 Å². The van der Waals surface area contributed by atoms with Crippen molar-refractivity contribution in [2.45, 2.75) is 12.8 Å². The molecule has 0 amide bonds. The molecule has 0 aliphatic carbocycles. The topological polar surface area (TPSA) is 50.9 Å². The van der Waals surface area contributed by atoms with Crippen LogP contribution in [0, 0.1) is 0 Å². The average molecular weight is 187 g/mol. The first-order valence-electron chi connectivity index (χ1n) is 3.76. The molecular formula is C8H11F2N3. The summed E-state index contributed by atoms with van der Waals surface area (Å²) in [5.41, 5.74) is 5.52. The molecule has 0 aromatic carbocycles. The summed E-state index contributed by atoms with van der Waals surface area (Å²) in [6, 6.07) is 1.22. The molecule has 0 spiro atoms. The zero-order valence-electron chi connectivity index (χ0n) is 7.44. The highest BCUT2D eigenvalue weighted by Gasteiger charge is 2.25. The van der Waals surface area contributed by atoms with Gasteiger partial charge in [0.15, 0.2) is 0 Å². The molecule has 3 N–H and O–H groups in total. The predicted octanol–water partition coefficient (Wildman–Crippen LogP) is 1.82. The first kappa shape index (κ1) is 9.70. The molecule has 0 saturated carbocycles. The standard InChI is InChI=1S/C8H11F2N3/c1-8(9,10)5-3-6(11)7(12-2)13-4-5/h3-4H,11H2,1-2H3,(H,12,13). The highest BCUT2D eigenvalue weighted by atomic mass is 19.3. The first-order valence-corrected chi connectivity index (χ1v) is 3.76. The summed E-state index contributed by atoms with van der Waals surface area (Å²) in [7, 11) is 1.63. The Balaban J connectivity index is 3.10. The monoisotopic (exact) mass is 187 g/mol. The number of nitrogens with one attached hydrogen (secondary N) is 1. The second kappa shape index (κ2) is 3.16. The third-order valence-electron chi connectivity index (χ3n) is 1.66. The van der Waals surface area contributed by atoms with Gasteiger partial charge in [0.1, 0.15) is 5.82 Å². The van der Waals surface area contributed by atoms with Crippen LogP contribution in [-0.2, 0) is 5.92 Å². The normalized spacial score (nSPS) is 11.4. The molecule has 72 valence electrons. The molecule has 0 radical (unpaired) electrons. The predicted molar refractivity (Wildman–Crippen MR) is 47.8 cm³/mol. The number of nitrogen functional groups attached to an aromatic ring is 1. The van der Waals surface area contributed by atoms with E-state index in [1.54, 1.807) is 7.05 Å². The van der Waals surface area contributed by atoms with Gasteiger partial charge in [-0.25, -0.2) is 13.8 Å². The van der Waals surface area contributed by atoms with Crippen molar-refractivity contribution in [3.05, 3.63) is 17.8 Å². The van der Waals surface area contributed by atoms with Crippen LogP contribution in [0.3, 0.4) is 0 Å². The molecule has 1 heterocycles. The van der Waals surface area contributed by atoms with E-state index >= 15 is 0 Å². The van der Waals surface area contributed by atoms with E-state index in [0.717, 1.165) is 13.1 Å². The van der Waals surface area contributed by atoms with Crippen LogP contribution in [0.25, 0.3) is 0 Å². The van der Waals surface area contributed by atoms with Crippen LogP contribution in [0.2, 0.25) is 0 Å². The second-order valence-electron chi connectivity index (χ2n) is 2.80. The third kappa shape index (κ3) is 2.05. The summed E-state index contributed by atoms with van der Waals surface area (Å²) < 4.78 is 25.5. The first-order chi connectivity index (χ1) is 5.95. The molecule has 1 aromatic rings. The maximum absolute atomic E-state index is 12.8. The zero-order chi connectivity index (χ0) is 10.1. The fourth-order valence-corrected chi connectivity index (χ4v) is 0.931. The lowest BCUT2D eigenvalue weighted by Gasteiger charge is -2.12. The number of aromatic nitrogens is 1. The van der Waals surface area contributed by atoms with Gasteiger partial charge >= 0.3 is 0 Å². The van der Waals surface area contributed by atoms with Crippen molar-refractivity contribution >= 4 is 11.5 Å². The van der Waals surface area contributed by atoms with Crippen molar-refractivity contribution < 1.29 is 8.78 Å². The van der Waals surface area contributed by atoms with Crippen LogP contribution < -0.4 is 11.1 Å². The highest BCUT2D eigenvalue weighted by Crippen LogP contribution is 2.29. The summed E-state index contributed by atoms with van der Waals surface area (Å²) in [5.74, 6) is -2.49. The molecule has 13 heavy (non-hydrogen) atoms. The number of alkyl halides is 2. The smallest absolute Gasteiger partial charge is 0.272 e. The van der Waals surface area contributed by atoms with E-state index < -0.39 is 5.92 Å². The third-order valence-corrected chi connectivity index (χ3v) is 1.66. The van der Waals surface area contributed by atoms with Crippen LogP contribution >= 0.6 is 0 Å². The molecule has 0 aliphatic heterocycles. The van der Waals surface area contributed by atoms with Gasteiger partial charge in [0.25, 0.3) is 5.92 Å². The van der Waals surface area contributed by atoms with Crippen molar-refractivity contribution in [2.75, 3.05) is 18.1 Å². The lowest BCUT2D eigenvalue weighted by molar-refractivity contribution is 0.0172. The Kier molecular flexibility index (Phi) is 2.36. The highest BCUT2D eigenvalue weighted by molar-refractivity contribution is 5.61. The largest absolute Gasteiger partial charge is 0.396 e. The van der Waals surface area contributed by atoms with Crippen LogP contribution in [0.15, 0.2) is 12.3 Å². The Bertz CT molecular complexity index is 307. The van der Waals surface area contributed by atoms with Gasteiger partial charge in [-0.1, -0.05) is 0 Å². The molecule has 0 aliphatic rings. The summed E-state index contributed by atoms with van der Waals surface area (Å²) in [4.78, 5) is 3.75. The van der Waals surface area contributed by atoms with E-state index in [4.69, 9.17) is 5.73 Å². The molecule has 0 atom stereocenters. The van der Waals surface area contributed by atoms with E-state index in [-0.39, 0.29) is 11.3 Å². The lowest BCUT2D eigenvalue weighted by atomic mass is 10.1. The van der Waals surface area contributed by atoms with Gasteiger partial charge in [-0.05, 0) is 6.07 Å². The Morgan fingerprint density at radius 3 is 2.54 bits per heavy atom. The van der Waals surface area contributed by atoms with Gasteiger partial charge in [-0.2, -0.15) is 0 Å². The Labute approximate surface area is 75.0 Å². The SMILES string of the molecule is CNc1ncc(C(C)(F)F)cc1N. The van der Waals surface area contributed by atoms with Crippen molar-refractivity contribution in [3.8, 4) is 0 Å². The average Bonchev–Trinajstić information content (AvgIpc) is 2.02. The van der Waals surface area contributed by atoms with Crippen LogP contribution in [0.4, 0.5) is 20.3 Å². The molecule has 0 saturated heterocycles. The molecule has 0 bridgehead atoms. The zero-order valence-corrected chi connectivity index (χ0v) is 7.44. The maximum atomic E-state index is 12.8. The second-order valence-corrected chi connectivity index (χ2v) is 2.80. The number of nitrogens with two attached hydrogens (primary N) is 1. The van der Waals surface area contributed by atoms with Gasteiger partial charge in [0, 0.05) is 25.7 Å². The summed E-state index contributed by atoms with van der Waals surface area (Å²) >= 11 is 0. The van der Waals surface area contributed by atoms with Crippen LogP contribution in [0.5, 0.6) is 0 Å². The summed E-state index contributed by atoms with van der Waals surface area (Å²) in [6.07, 6.45) is 1.11. The van der Waals surface area contributed by atoms with Gasteiger partial charge < -0.3 is 11.1 Å². The van der Waals surface area contributed by atoms with Crippen LogP contribution in [-0.4, -0.2) is 12.0 Å².